The Morgan fingerprint density at radius 1 is 1.35 bits per heavy atom. The zero-order valence-electron chi connectivity index (χ0n) is 12.1. The second kappa shape index (κ2) is 6.92. The molecular formula is C13H23N3O3S. The van der Waals surface area contributed by atoms with E-state index in [1.165, 1.54) is 19.2 Å². The number of nitrogen functional groups attached to an aromatic ring is 1. The number of rotatable bonds is 7. The van der Waals surface area contributed by atoms with Crippen LogP contribution in [0.3, 0.4) is 0 Å². The van der Waals surface area contributed by atoms with Gasteiger partial charge < -0.3 is 16.2 Å². The van der Waals surface area contributed by atoms with Gasteiger partial charge in [0.15, 0.2) is 0 Å². The monoisotopic (exact) mass is 301 g/mol. The van der Waals surface area contributed by atoms with E-state index >= 15 is 0 Å². The van der Waals surface area contributed by atoms with Gasteiger partial charge in [0, 0.05) is 12.6 Å². The van der Waals surface area contributed by atoms with E-state index in [9.17, 15) is 8.42 Å². The van der Waals surface area contributed by atoms with Gasteiger partial charge in [-0.1, -0.05) is 13.8 Å². The van der Waals surface area contributed by atoms with Crippen LogP contribution in [0.5, 0.6) is 0 Å². The third-order valence-electron chi connectivity index (χ3n) is 3.19. The summed E-state index contributed by atoms with van der Waals surface area (Å²) < 4.78 is 25.8. The van der Waals surface area contributed by atoms with Gasteiger partial charge in [0.05, 0.1) is 16.3 Å². The summed E-state index contributed by atoms with van der Waals surface area (Å²) in [5.74, 6) is 0.283. The van der Waals surface area contributed by atoms with E-state index in [1.807, 2.05) is 13.8 Å². The van der Waals surface area contributed by atoms with Crippen molar-refractivity contribution in [2.45, 2.75) is 31.2 Å². The second-order valence-electron chi connectivity index (χ2n) is 4.96. The predicted molar refractivity (Wildman–Crippen MR) is 81.1 cm³/mol. The van der Waals surface area contributed by atoms with E-state index in [-0.39, 0.29) is 23.5 Å². The molecule has 0 radical (unpaired) electrons. The van der Waals surface area contributed by atoms with Crippen molar-refractivity contribution in [3.05, 3.63) is 18.2 Å². The third-order valence-corrected chi connectivity index (χ3v) is 4.60. The minimum Gasteiger partial charge on any atom is -0.397 e. The number of sulfonamides is 1. The largest absolute Gasteiger partial charge is 0.397 e. The van der Waals surface area contributed by atoms with E-state index in [0.717, 1.165) is 0 Å². The van der Waals surface area contributed by atoms with Gasteiger partial charge in [-0.2, -0.15) is 0 Å². The van der Waals surface area contributed by atoms with Gasteiger partial charge in [-0.3, -0.25) is 0 Å². The first-order chi connectivity index (χ1) is 9.31. The first-order valence-electron chi connectivity index (χ1n) is 6.52. The molecule has 0 heterocycles. The SMILES string of the molecule is CNS(=O)(=O)c1ccc(N)c(NC(CCO)C(C)C)c1. The zero-order chi connectivity index (χ0) is 15.3. The molecule has 1 atom stereocenters. The number of hydrogen-bond donors (Lipinski definition) is 4. The number of nitrogens with one attached hydrogen (secondary N) is 2. The molecule has 0 aliphatic heterocycles. The van der Waals surface area contributed by atoms with Gasteiger partial charge in [-0.15, -0.1) is 0 Å². The Morgan fingerprint density at radius 2 is 2.00 bits per heavy atom. The van der Waals surface area contributed by atoms with Gasteiger partial charge in [0.2, 0.25) is 10.0 Å². The van der Waals surface area contributed by atoms with E-state index < -0.39 is 10.0 Å². The molecule has 7 heteroatoms. The van der Waals surface area contributed by atoms with Crippen LogP contribution >= 0.6 is 0 Å². The highest BCUT2D eigenvalue weighted by molar-refractivity contribution is 7.89. The van der Waals surface area contributed by atoms with Crippen LogP contribution in [0, 0.1) is 5.92 Å². The smallest absolute Gasteiger partial charge is 0.240 e. The van der Waals surface area contributed by atoms with Crippen LogP contribution in [0.1, 0.15) is 20.3 Å². The first-order valence-corrected chi connectivity index (χ1v) is 8.00. The highest BCUT2D eigenvalue weighted by Gasteiger charge is 2.17. The van der Waals surface area contributed by atoms with E-state index in [4.69, 9.17) is 10.8 Å². The molecule has 1 unspecified atom stereocenters. The van der Waals surface area contributed by atoms with Crippen LogP contribution in [0.15, 0.2) is 23.1 Å². The molecule has 20 heavy (non-hydrogen) atoms. The molecule has 114 valence electrons. The van der Waals surface area contributed by atoms with Crippen molar-refractivity contribution in [2.75, 3.05) is 24.7 Å². The minimum absolute atomic E-state index is 0.0230. The van der Waals surface area contributed by atoms with Gasteiger partial charge in [0.1, 0.15) is 0 Å². The second-order valence-corrected chi connectivity index (χ2v) is 6.85. The molecule has 0 saturated carbocycles. The molecule has 0 aliphatic rings. The summed E-state index contributed by atoms with van der Waals surface area (Å²) >= 11 is 0. The number of benzene rings is 1. The van der Waals surface area contributed by atoms with Crippen molar-refractivity contribution in [1.82, 2.24) is 4.72 Å². The fourth-order valence-electron chi connectivity index (χ4n) is 1.86. The van der Waals surface area contributed by atoms with Crippen molar-refractivity contribution >= 4 is 21.4 Å². The predicted octanol–water partition coefficient (Wildman–Crippen LogP) is 0.996. The highest BCUT2D eigenvalue weighted by Crippen LogP contribution is 2.25. The number of nitrogens with two attached hydrogens (primary N) is 1. The summed E-state index contributed by atoms with van der Waals surface area (Å²) in [5.41, 5.74) is 6.92. The van der Waals surface area contributed by atoms with Crippen LogP contribution in [-0.2, 0) is 10.0 Å². The average molecular weight is 301 g/mol. The lowest BCUT2D eigenvalue weighted by Gasteiger charge is -2.24. The molecule has 0 spiro atoms. The molecular weight excluding hydrogens is 278 g/mol. The normalized spacial score (nSPS) is 13.4. The Bertz CT molecular complexity index is 544. The summed E-state index contributed by atoms with van der Waals surface area (Å²) in [4.78, 5) is 0.156. The molecule has 0 aromatic heterocycles. The summed E-state index contributed by atoms with van der Waals surface area (Å²) in [7, 11) is -2.14. The van der Waals surface area contributed by atoms with Crippen molar-refractivity contribution in [2.24, 2.45) is 5.92 Å². The Hall–Kier alpha value is -1.31. The molecule has 5 N–H and O–H groups in total. The molecule has 1 aromatic carbocycles. The first kappa shape index (κ1) is 16.7. The lowest BCUT2D eigenvalue weighted by molar-refractivity contribution is 0.267. The molecule has 1 aromatic rings. The molecule has 0 aliphatic carbocycles. The van der Waals surface area contributed by atoms with Crippen molar-refractivity contribution in [3.8, 4) is 0 Å². The lowest BCUT2D eigenvalue weighted by Crippen LogP contribution is -2.27. The van der Waals surface area contributed by atoms with Crippen molar-refractivity contribution in [1.29, 1.82) is 0 Å². The summed E-state index contributed by atoms with van der Waals surface area (Å²) in [6.07, 6.45) is 0.570. The molecule has 0 bridgehead atoms. The van der Waals surface area contributed by atoms with E-state index in [2.05, 4.69) is 10.0 Å². The maximum atomic E-state index is 11.8. The molecule has 0 saturated heterocycles. The quantitative estimate of drug-likeness (QED) is 0.562. The third kappa shape index (κ3) is 4.09. The number of aliphatic hydroxyl groups is 1. The number of anilines is 2. The summed E-state index contributed by atoms with van der Waals surface area (Å²) in [6, 6.07) is 4.55. The minimum atomic E-state index is -3.50. The maximum Gasteiger partial charge on any atom is 0.240 e. The Kier molecular flexibility index (Phi) is 5.79. The number of hydrogen-bond acceptors (Lipinski definition) is 5. The lowest BCUT2D eigenvalue weighted by atomic mass is 10.0. The summed E-state index contributed by atoms with van der Waals surface area (Å²) in [5, 5.41) is 12.3. The van der Waals surface area contributed by atoms with E-state index in [0.29, 0.717) is 17.8 Å². The Morgan fingerprint density at radius 3 is 2.50 bits per heavy atom. The van der Waals surface area contributed by atoms with Crippen LogP contribution in [0.25, 0.3) is 0 Å². The number of aliphatic hydroxyl groups excluding tert-OH is 1. The van der Waals surface area contributed by atoms with Crippen LogP contribution in [-0.4, -0.2) is 33.2 Å². The van der Waals surface area contributed by atoms with Gasteiger partial charge in [-0.25, -0.2) is 13.1 Å². The van der Waals surface area contributed by atoms with Gasteiger partial charge in [0.25, 0.3) is 0 Å². The molecule has 0 amide bonds. The fraction of sp³-hybridized carbons (Fsp3) is 0.538. The van der Waals surface area contributed by atoms with Gasteiger partial charge in [-0.05, 0) is 37.6 Å². The van der Waals surface area contributed by atoms with Gasteiger partial charge >= 0.3 is 0 Å². The molecule has 0 fully saturated rings. The van der Waals surface area contributed by atoms with Crippen LogP contribution < -0.4 is 15.8 Å². The zero-order valence-corrected chi connectivity index (χ0v) is 12.9. The molecule has 6 nitrogen and oxygen atoms in total. The van der Waals surface area contributed by atoms with E-state index in [1.54, 1.807) is 6.07 Å². The maximum absolute atomic E-state index is 11.8. The Labute approximate surface area is 120 Å². The van der Waals surface area contributed by atoms with Crippen molar-refractivity contribution in [3.63, 3.8) is 0 Å². The average Bonchev–Trinajstić information content (AvgIpc) is 2.40. The fourth-order valence-corrected chi connectivity index (χ4v) is 2.61. The standard InChI is InChI=1S/C13H23N3O3S/c1-9(2)12(6-7-17)16-13-8-10(4-5-11(13)14)20(18,19)15-3/h4-5,8-9,12,15-17H,6-7,14H2,1-3H3. The Balaban J connectivity index is 3.08. The van der Waals surface area contributed by atoms with Crippen molar-refractivity contribution < 1.29 is 13.5 Å². The van der Waals surface area contributed by atoms with Crippen LogP contribution in [0.4, 0.5) is 11.4 Å². The summed E-state index contributed by atoms with van der Waals surface area (Å²) in [6.45, 7) is 4.11. The topological polar surface area (TPSA) is 104 Å². The highest BCUT2D eigenvalue weighted by atomic mass is 32.2. The van der Waals surface area contributed by atoms with Crippen LogP contribution in [0.2, 0.25) is 0 Å². The molecule has 1 rings (SSSR count).